The fourth-order valence-corrected chi connectivity index (χ4v) is 3.23. The van der Waals surface area contributed by atoms with Gasteiger partial charge < -0.3 is 10.2 Å². The SMILES string of the molecule is CN=C(NCc1nnc2c(Cl)cc(C(F)(F)F)cn12)N1CCC(C)CC1. The number of aromatic nitrogens is 3. The molecule has 10 heteroatoms. The summed E-state index contributed by atoms with van der Waals surface area (Å²) in [6, 6.07) is 0.858. The van der Waals surface area contributed by atoms with E-state index in [1.54, 1.807) is 7.05 Å². The molecule has 0 unspecified atom stereocenters. The molecule has 0 atom stereocenters. The Hall–Kier alpha value is -2.03. The standard InChI is InChI=1S/C16H20ClF3N6/c1-10-3-5-25(6-4-10)15(21-2)22-8-13-23-24-14-12(17)7-11(9-26(13)14)16(18,19)20/h7,9-10H,3-6,8H2,1-2H3,(H,21,22). The summed E-state index contributed by atoms with van der Waals surface area (Å²) in [4.78, 5) is 6.39. The van der Waals surface area contributed by atoms with Crippen LogP contribution < -0.4 is 5.32 Å². The van der Waals surface area contributed by atoms with E-state index in [4.69, 9.17) is 11.6 Å². The number of rotatable bonds is 2. The number of nitrogens with zero attached hydrogens (tertiary/aromatic N) is 5. The van der Waals surface area contributed by atoms with Crippen LogP contribution >= 0.6 is 11.6 Å². The van der Waals surface area contributed by atoms with Crippen molar-refractivity contribution in [1.29, 1.82) is 0 Å². The molecule has 2 aromatic rings. The highest BCUT2D eigenvalue weighted by Crippen LogP contribution is 2.32. The molecular weight excluding hydrogens is 369 g/mol. The molecule has 1 saturated heterocycles. The van der Waals surface area contributed by atoms with Crippen molar-refractivity contribution in [3.05, 3.63) is 28.7 Å². The number of pyridine rings is 1. The summed E-state index contributed by atoms with van der Waals surface area (Å²) < 4.78 is 40.3. The Morgan fingerprint density at radius 3 is 2.65 bits per heavy atom. The molecule has 3 heterocycles. The van der Waals surface area contributed by atoms with Crippen molar-refractivity contribution in [2.45, 2.75) is 32.5 Å². The van der Waals surface area contributed by atoms with Crippen LogP contribution in [0.15, 0.2) is 17.3 Å². The number of guanidine groups is 1. The lowest BCUT2D eigenvalue weighted by Gasteiger charge is -2.32. The Morgan fingerprint density at radius 2 is 2.04 bits per heavy atom. The molecule has 6 nitrogen and oxygen atoms in total. The highest BCUT2D eigenvalue weighted by atomic mass is 35.5. The van der Waals surface area contributed by atoms with Crippen LogP contribution in [0.5, 0.6) is 0 Å². The molecule has 0 aliphatic carbocycles. The van der Waals surface area contributed by atoms with Gasteiger partial charge in [0.15, 0.2) is 17.4 Å². The fraction of sp³-hybridized carbons (Fsp3) is 0.562. The molecule has 1 aliphatic heterocycles. The van der Waals surface area contributed by atoms with Crippen LogP contribution in [-0.2, 0) is 12.7 Å². The first-order valence-corrected chi connectivity index (χ1v) is 8.73. The van der Waals surface area contributed by atoms with E-state index in [2.05, 4.69) is 32.3 Å². The normalized spacial score (nSPS) is 17.2. The lowest BCUT2D eigenvalue weighted by Crippen LogP contribution is -2.45. The molecule has 1 aliphatic rings. The summed E-state index contributed by atoms with van der Waals surface area (Å²) in [5.41, 5.74) is -0.649. The van der Waals surface area contributed by atoms with Crippen LogP contribution in [0.3, 0.4) is 0 Å². The van der Waals surface area contributed by atoms with Gasteiger partial charge in [-0.05, 0) is 24.8 Å². The van der Waals surface area contributed by atoms with E-state index in [1.165, 1.54) is 4.40 Å². The number of alkyl halides is 3. The van der Waals surface area contributed by atoms with Crippen molar-refractivity contribution in [1.82, 2.24) is 24.8 Å². The number of fused-ring (bicyclic) bond motifs is 1. The summed E-state index contributed by atoms with van der Waals surface area (Å²) in [6.07, 6.45) is -1.37. The number of likely N-dealkylation sites (tertiary alicyclic amines) is 1. The van der Waals surface area contributed by atoms with Crippen molar-refractivity contribution in [2.75, 3.05) is 20.1 Å². The lowest BCUT2D eigenvalue weighted by molar-refractivity contribution is -0.137. The summed E-state index contributed by atoms with van der Waals surface area (Å²) in [5.74, 6) is 1.72. The Balaban J connectivity index is 1.79. The third-order valence-electron chi connectivity index (χ3n) is 4.56. The van der Waals surface area contributed by atoms with E-state index < -0.39 is 11.7 Å². The third-order valence-corrected chi connectivity index (χ3v) is 4.84. The minimum atomic E-state index is -4.49. The smallest absolute Gasteiger partial charge is 0.349 e. The zero-order valence-corrected chi connectivity index (χ0v) is 15.3. The fourth-order valence-electron chi connectivity index (χ4n) is 2.99. The van der Waals surface area contributed by atoms with Gasteiger partial charge in [-0.3, -0.25) is 9.39 Å². The predicted molar refractivity (Wildman–Crippen MR) is 93.2 cm³/mol. The van der Waals surface area contributed by atoms with Gasteiger partial charge in [-0.2, -0.15) is 13.2 Å². The zero-order valence-electron chi connectivity index (χ0n) is 14.5. The Labute approximate surface area is 154 Å². The van der Waals surface area contributed by atoms with E-state index >= 15 is 0 Å². The topological polar surface area (TPSA) is 57.8 Å². The third kappa shape index (κ3) is 3.87. The number of nitrogens with one attached hydrogen (secondary N) is 1. The number of hydrogen-bond acceptors (Lipinski definition) is 3. The molecule has 1 N–H and O–H groups in total. The van der Waals surface area contributed by atoms with Gasteiger partial charge in [0.2, 0.25) is 0 Å². The minimum Gasteiger partial charge on any atom is -0.349 e. The van der Waals surface area contributed by atoms with Crippen LogP contribution in [-0.4, -0.2) is 45.6 Å². The first-order valence-electron chi connectivity index (χ1n) is 8.35. The van der Waals surface area contributed by atoms with Gasteiger partial charge in [0.1, 0.15) is 0 Å². The van der Waals surface area contributed by atoms with Gasteiger partial charge in [-0.25, -0.2) is 0 Å². The second-order valence-electron chi connectivity index (χ2n) is 6.45. The van der Waals surface area contributed by atoms with Crippen molar-refractivity contribution in [3.8, 4) is 0 Å². The molecule has 0 spiro atoms. The van der Waals surface area contributed by atoms with E-state index in [9.17, 15) is 13.2 Å². The highest BCUT2D eigenvalue weighted by molar-refractivity contribution is 6.33. The van der Waals surface area contributed by atoms with Crippen LogP contribution in [0, 0.1) is 5.92 Å². The average molecular weight is 389 g/mol. The van der Waals surface area contributed by atoms with Crippen molar-refractivity contribution in [3.63, 3.8) is 0 Å². The number of hydrogen-bond donors (Lipinski definition) is 1. The largest absolute Gasteiger partial charge is 0.417 e. The predicted octanol–water partition coefficient (Wildman–Crippen LogP) is 3.21. The van der Waals surface area contributed by atoms with Gasteiger partial charge in [-0.15, -0.1) is 10.2 Å². The van der Waals surface area contributed by atoms with Crippen molar-refractivity contribution < 1.29 is 13.2 Å². The number of aliphatic imine (C=N–C) groups is 1. The van der Waals surface area contributed by atoms with Crippen LogP contribution in [0.4, 0.5) is 13.2 Å². The average Bonchev–Trinajstić information content (AvgIpc) is 3.00. The van der Waals surface area contributed by atoms with Gasteiger partial charge in [0.25, 0.3) is 0 Å². The molecule has 1 fully saturated rings. The van der Waals surface area contributed by atoms with Crippen molar-refractivity contribution >= 4 is 23.2 Å². The first kappa shape index (κ1) is 18.8. The second kappa shape index (κ2) is 7.30. The van der Waals surface area contributed by atoms with E-state index in [1.807, 2.05) is 0 Å². The molecule has 0 amide bonds. The molecule has 142 valence electrons. The van der Waals surface area contributed by atoms with Gasteiger partial charge >= 0.3 is 6.18 Å². The monoisotopic (exact) mass is 388 g/mol. The van der Waals surface area contributed by atoms with E-state index in [0.717, 1.165) is 38.2 Å². The Morgan fingerprint density at radius 1 is 1.35 bits per heavy atom. The molecule has 0 bridgehead atoms. The van der Waals surface area contributed by atoms with Crippen LogP contribution in [0.2, 0.25) is 5.02 Å². The molecule has 0 saturated carbocycles. The quantitative estimate of drug-likeness (QED) is 0.634. The maximum absolute atomic E-state index is 13.0. The van der Waals surface area contributed by atoms with Crippen LogP contribution in [0.25, 0.3) is 5.65 Å². The van der Waals surface area contributed by atoms with E-state index in [0.29, 0.717) is 17.7 Å². The number of halogens is 4. The maximum Gasteiger partial charge on any atom is 0.417 e. The maximum atomic E-state index is 13.0. The lowest BCUT2D eigenvalue weighted by atomic mass is 10.00. The number of piperidine rings is 1. The molecule has 0 radical (unpaired) electrons. The Kier molecular flexibility index (Phi) is 5.27. The first-order chi connectivity index (χ1) is 12.3. The van der Waals surface area contributed by atoms with Gasteiger partial charge in [0.05, 0.1) is 17.1 Å². The Bertz CT molecular complexity index is 808. The summed E-state index contributed by atoms with van der Waals surface area (Å²) in [6.45, 7) is 4.20. The van der Waals surface area contributed by atoms with Crippen molar-refractivity contribution in [2.24, 2.45) is 10.9 Å². The minimum absolute atomic E-state index is 0.0898. The second-order valence-corrected chi connectivity index (χ2v) is 6.86. The van der Waals surface area contributed by atoms with Crippen LogP contribution in [0.1, 0.15) is 31.2 Å². The molecule has 3 rings (SSSR count). The summed E-state index contributed by atoms with van der Waals surface area (Å²) in [5, 5.41) is 10.9. The highest BCUT2D eigenvalue weighted by Gasteiger charge is 2.32. The molecular formula is C16H20ClF3N6. The van der Waals surface area contributed by atoms with Gasteiger partial charge in [-0.1, -0.05) is 18.5 Å². The molecule has 0 aromatic carbocycles. The molecule has 2 aromatic heterocycles. The van der Waals surface area contributed by atoms with Gasteiger partial charge in [0, 0.05) is 26.3 Å². The van der Waals surface area contributed by atoms with E-state index in [-0.39, 0.29) is 17.2 Å². The zero-order chi connectivity index (χ0) is 18.9. The molecule has 26 heavy (non-hydrogen) atoms. The summed E-state index contributed by atoms with van der Waals surface area (Å²) >= 11 is 5.93. The summed E-state index contributed by atoms with van der Waals surface area (Å²) in [7, 11) is 1.68.